The molecular weight excluding hydrogens is 458 g/mol. The highest BCUT2D eigenvalue weighted by atomic mass is 16.5. The second kappa shape index (κ2) is 10.6. The van der Waals surface area contributed by atoms with Crippen LogP contribution in [0.1, 0.15) is 29.8 Å². The Morgan fingerprint density at radius 2 is 1.47 bits per heavy atom. The predicted octanol–water partition coefficient (Wildman–Crippen LogP) is 4.85. The molecule has 0 fully saturated rings. The maximum atomic E-state index is 13.1. The summed E-state index contributed by atoms with van der Waals surface area (Å²) in [5.41, 5.74) is 5.33. The summed E-state index contributed by atoms with van der Waals surface area (Å²) < 4.78 is 16.1. The molecule has 0 saturated heterocycles. The molecule has 4 rings (SSSR count). The van der Waals surface area contributed by atoms with Gasteiger partial charge in [0.2, 0.25) is 5.75 Å². The first-order valence-corrected chi connectivity index (χ1v) is 11.8. The molecule has 0 atom stereocenters. The van der Waals surface area contributed by atoms with E-state index in [1.165, 1.54) is 21.3 Å². The smallest absolute Gasteiger partial charge is 0.255 e. The number of benzene rings is 3. The Morgan fingerprint density at radius 3 is 2.00 bits per heavy atom. The van der Waals surface area contributed by atoms with Crippen LogP contribution in [0.2, 0.25) is 0 Å². The molecule has 0 aliphatic carbocycles. The number of amides is 1. The van der Waals surface area contributed by atoms with Gasteiger partial charge in [-0.15, -0.1) is 10.2 Å². The lowest BCUT2D eigenvalue weighted by Crippen LogP contribution is -2.21. The molecule has 0 aliphatic rings. The van der Waals surface area contributed by atoms with Crippen LogP contribution in [0, 0.1) is 6.92 Å². The van der Waals surface area contributed by atoms with Crippen LogP contribution in [0.3, 0.4) is 0 Å². The molecule has 0 aliphatic heterocycles. The van der Waals surface area contributed by atoms with E-state index in [1.54, 1.807) is 16.9 Å². The van der Waals surface area contributed by atoms with E-state index >= 15 is 0 Å². The van der Waals surface area contributed by atoms with Crippen molar-refractivity contribution < 1.29 is 19.0 Å². The number of carbonyl (C=O) groups is 1. The number of fused-ring (bicyclic) bond motifs is 1. The molecule has 1 heterocycles. The van der Waals surface area contributed by atoms with E-state index < -0.39 is 0 Å². The number of hydrogen-bond donors (Lipinski definition) is 1. The topological polar surface area (TPSA) is 90.7 Å². The van der Waals surface area contributed by atoms with Crippen LogP contribution in [0.15, 0.2) is 48.5 Å². The van der Waals surface area contributed by atoms with Crippen molar-refractivity contribution in [2.75, 3.05) is 44.6 Å². The fraction of sp³-hybridized carbons (Fsp3) is 0.296. The summed E-state index contributed by atoms with van der Waals surface area (Å²) in [7, 11) is 4.54. The fourth-order valence-electron chi connectivity index (χ4n) is 4.11. The summed E-state index contributed by atoms with van der Waals surface area (Å²) in [6, 6.07) is 15.1. The van der Waals surface area contributed by atoms with Crippen LogP contribution in [0.5, 0.6) is 17.2 Å². The summed E-state index contributed by atoms with van der Waals surface area (Å²) in [5.74, 6) is 0.931. The monoisotopic (exact) mass is 489 g/mol. The average molecular weight is 490 g/mol. The Labute approximate surface area is 210 Å². The van der Waals surface area contributed by atoms with Crippen molar-refractivity contribution in [3.8, 4) is 22.9 Å². The second-order valence-electron chi connectivity index (χ2n) is 8.20. The van der Waals surface area contributed by atoms with E-state index in [4.69, 9.17) is 14.2 Å². The van der Waals surface area contributed by atoms with Crippen LogP contribution in [0.4, 0.5) is 11.4 Å². The van der Waals surface area contributed by atoms with Gasteiger partial charge in [0.25, 0.3) is 5.91 Å². The van der Waals surface area contributed by atoms with E-state index in [-0.39, 0.29) is 5.91 Å². The number of carbonyl (C=O) groups excluding carboxylic acids is 1. The number of aryl methyl sites for hydroxylation is 1. The van der Waals surface area contributed by atoms with Crippen molar-refractivity contribution in [2.24, 2.45) is 0 Å². The van der Waals surface area contributed by atoms with E-state index in [0.29, 0.717) is 34.0 Å². The van der Waals surface area contributed by atoms with Crippen molar-refractivity contribution in [2.45, 2.75) is 20.8 Å². The SMILES string of the molecule is CCN(CC)c1ccc(-n2nc3cc(C)c(NC(=O)c4cc(OC)c(OC)c(OC)c4)cc3n2)cc1. The number of hydrogen-bond acceptors (Lipinski definition) is 7. The number of rotatable bonds is 9. The Morgan fingerprint density at radius 1 is 0.889 bits per heavy atom. The molecule has 1 amide bonds. The van der Waals surface area contributed by atoms with Crippen LogP contribution >= 0.6 is 0 Å². The van der Waals surface area contributed by atoms with Crippen LogP contribution < -0.4 is 24.4 Å². The van der Waals surface area contributed by atoms with Gasteiger partial charge in [0.05, 0.1) is 27.0 Å². The van der Waals surface area contributed by atoms with E-state index in [9.17, 15) is 4.79 Å². The van der Waals surface area contributed by atoms with Crippen molar-refractivity contribution in [1.82, 2.24) is 15.0 Å². The van der Waals surface area contributed by atoms with Crippen molar-refractivity contribution >= 4 is 28.3 Å². The Balaban J connectivity index is 1.61. The second-order valence-corrected chi connectivity index (χ2v) is 8.20. The quantitative estimate of drug-likeness (QED) is 0.359. The lowest BCUT2D eigenvalue weighted by atomic mass is 10.1. The van der Waals surface area contributed by atoms with Crippen LogP contribution in [0.25, 0.3) is 16.7 Å². The number of ether oxygens (including phenoxy) is 3. The standard InChI is InChI=1S/C27H31N5O4/c1-7-31(8-2)19-9-11-20(12-10-19)32-29-22-13-17(3)21(16-23(22)30-32)28-27(33)18-14-24(34-4)26(36-6)25(15-18)35-5/h9-16H,7-8H2,1-6H3,(H,28,33). The maximum absolute atomic E-state index is 13.1. The number of methoxy groups -OCH3 is 3. The molecule has 3 aromatic carbocycles. The highest BCUT2D eigenvalue weighted by Crippen LogP contribution is 2.38. The lowest BCUT2D eigenvalue weighted by Gasteiger charge is -2.20. The minimum atomic E-state index is -0.309. The van der Waals surface area contributed by atoms with Gasteiger partial charge in [-0.25, -0.2) is 0 Å². The summed E-state index contributed by atoms with van der Waals surface area (Å²) >= 11 is 0. The van der Waals surface area contributed by atoms with Gasteiger partial charge in [0.1, 0.15) is 11.0 Å². The first kappa shape index (κ1) is 24.8. The van der Waals surface area contributed by atoms with Gasteiger partial charge in [-0.2, -0.15) is 4.80 Å². The maximum Gasteiger partial charge on any atom is 0.255 e. The van der Waals surface area contributed by atoms with Crippen LogP contribution in [-0.2, 0) is 0 Å². The van der Waals surface area contributed by atoms with Gasteiger partial charge in [0.15, 0.2) is 11.5 Å². The molecule has 0 radical (unpaired) electrons. The fourth-order valence-corrected chi connectivity index (χ4v) is 4.11. The minimum absolute atomic E-state index is 0.309. The van der Waals surface area contributed by atoms with Crippen LogP contribution in [-0.4, -0.2) is 55.3 Å². The predicted molar refractivity (Wildman–Crippen MR) is 141 cm³/mol. The molecule has 9 nitrogen and oxygen atoms in total. The molecular formula is C27H31N5O4. The summed E-state index contributed by atoms with van der Waals surface area (Å²) in [4.78, 5) is 17.0. The number of anilines is 2. The summed E-state index contributed by atoms with van der Waals surface area (Å²) in [6.45, 7) is 8.09. The van der Waals surface area contributed by atoms with E-state index in [1.807, 2.05) is 31.2 Å². The molecule has 9 heteroatoms. The highest BCUT2D eigenvalue weighted by molar-refractivity contribution is 6.06. The van der Waals surface area contributed by atoms with Gasteiger partial charge in [0, 0.05) is 30.0 Å². The molecule has 0 spiro atoms. The zero-order valence-electron chi connectivity index (χ0n) is 21.5. The van der Waals surface area contributed by atoms with Gasteiger partial charge < -0.3 is 24.4 Å². The first-order chi connectivity index (χ1) is 17.4. The van der Waals surface area contributed by atoms with E-state index in [0.717, 1.165) is 35.5 Å². The Hall–Kier alpha value is -4.27. The lowest BCUT2D eigenvalue weighted by molar-refractivity contribution is 0.102. The van der Waals surface area contributed by atoms with Crippen molar-refractivity contribution in [3.05, 3.63) is 59.7 Å². The molecule has 4 aromatic rings. The Kier molecular flexibility index (Phi) is 7.28. The normalized spacial score (nSPS) is 10.8. The minimum Gasteiger partial charge on any atom is -0.493 e. The van der Waals surface area contributed by atoms with Crippen molar-refractivity contribution in [3.63, 3.8) is 0 Å². The van der Waals surface area contributed by atoms with E-state index in [2.05, 4.69) is 46.4 Å². The highest BCUT2D eigenvalue weighted by Gasteiger charge is 2.18. The van der Waals surface area contributed by atoms with Gasteiger partial charge in [-0.1, -0.05) is 0 Å². The van der Waals surface area contributed by atoms with Crippen molar-refractivity contribution in [1.29, 1.82) is 0 Å². The zero-order valence-corrected chi connectivity index (χ0v) is 21.5. The van der Waals surface area contributed by atoms with Gasteiger partial charge >= 0.3 is 0 Å². The first-order valence-electron chi connectivity index (χ1n) is 11.8. The molecule has 188 valence electrons. The third-order valence-electron chi connectivity index (χ3n) is 6.11. The summed E-state index contributed by atoms with van der Waals surface area (Å²) in [5, 5.41) is 12.2. The summed E-state index contributed by atoms with van der Waals surface area (Å²) in [6.07, 6.45) is 0. The molecule has 1 N–H and O–H groups in total. The number of nitrogens with zero attached hydrogens (tertiary/aromatic N) is 4. The largest absolute Gasteiger partial charge is 0.493 e. The molecule has 36 heavy (non-hydrogen) atoms. The zero-order chi connectivity index (χ0) is 25.8. The molecule has 0 saturated carbocycles. The van der Waals surface area contributed by atoms with Gasteiger partial charge in [-0.3, -0.25) is 4.79 Å². The van der Waals surface area contributed by atoms with Gasteiger partial charge in [-0.05, 0) is 74.9 Å². The number of nitrogens with one attached hydrogen (secondary N) is 1. The molecule has 0 bridgehead atoms. The third-order valence-corrected chi connectivity index (χ3v) is 6.11. The number of aromatic nitrogens is 3. The third kappa shape index (κ3) is 4.77. The molecule has 1 aromatic heterocycles. The average Bonchev–Trinajstić information content (AvgIpc) is 3.31. The molecule has 0 unspecified atom stereocenters. The Bertz CT molecular complexity index is 1350.